The number of hydrogen-bond donors (Lipinski definition) is 1. The number of rotatable bonds is 5. The Labute approximate surface area is 92.3 Å². The summed E-state index contributed by atoms with van der Waals surface area (Å²) in [4.78, 5) is 21.1. The van der Waals surface area contributed by atoms with Gasteiger partial charge in [0.1, 0.15) is 11.5 Å². The van der Waals surface area contributed by atoms with E-state index in [1.807, 2.05) is 0 Å². The summed E-state index contributed by atoms with van der Waals surface area (Å²) in [6.07, 6.45) is 3.02. The number of aliphatic carboxylic acids is 1. The zero-order valence-electron chi connectivity index (χ0n) is 8.80. The molecule has 16 heavy (non-hydrogen) atoms. The molecule has 0 fully saturated rings. The molecule has 1 aromatic heterocycles. The smallest absolute Gasteiger partial charge is 0.328 e. The second kappa shape index (κ2) is 5.75. The summed E-state index contributed by atoms with van der Waals surface area (Å²) in [6, 6.07) is 3.34. The van der Waals surface area contributed by atoms with Crippen molar-refractivity contribution in [3.8, 4) is 0 Å². The van der Waals surface area contributed by atoms with Gasteiger partial charge < -0.3 is 14.3 Å². The number of ether oxygens (including phenoxy) is 1. The Bertz CT molecular complexity index is 402. The molecule has 0 spiro atoms. The Morgan fingerprint density at radius 1 is 1.50 bits per heavy atom. The maximum absolute atomic E-state index is 10.9. The highest BCUT2D eigenvalue weighted by molar-refractivity contribution is 5.84. The molecule has 1 rings (SSSR count). The minimum Gasteiger partial charge on any atom is -0.478 e. The van der Waals surface area contributed by atoms with Crippen molar-refractivity contribution in [3.63, 3.8) is 0 Å². The Balaban J connectivity index is 2.51. The van der Waals surface area contributed by atoms with Gasteiger partial charge in [0.15, 0.2) is 0 Å². The fourth-order valence-electron chi connectivity index (χ4n) is 1.10. The van der Waals surface area contributed by atoms with Crippen LogP contribution in [0.5, 0.6) is 0 Å². The molecule has 5 nitrogen and oxygen atoms in total. The quantitative estimate of drug-likeness (QED) is 0.605. The molecule has 0 aliphatic rings. The molecule has 0 unspecified atom stereocenters. The fourth-order valence-corrected chi connectivity index (χ4v) is 1.10. The monoisotopic (exact) mass is 224 g/mol. The van der Waals surface area contributed by atoms with Gasteiger partial charge in [-0.05, 0) is 18.2 Å². The molecule has 0 aliphatic heterocycles. The van der Waals surface area contributed by atoms with Crippen LogP contribution < -0.4 is 0 Å². The summed E-state index contributed by atoms with van der Waals surface area (Å²) in [5.74, 6) is -0.274. The maximum atomic E-state index is 10.9. The van der Waals surface area contributed by atoms with Crippen molar-refractivity contribution < 1.29 is 23.8 Å². The Kier molecular flexibility index (Phi) is 4.32. The minimum atomic E-state index is -1.03. The van der Waals surface area contributed by atoms with Crippen molar-refractivity contribution in [2.45, 2.75) is 12.8 Å². The van der Waals surface area contributed by atoms with Crippen LogP contribution in [0.1, 0.15) is 17.9 Å². The lowest BCUT2D eigenvalue weighted by Crippen LogP contribution is -2.01. The number of methoxy groups -OCH3 is 1. The topological polar surface area (TPSA) is 76.7 Å². The second-order valence-electron chi connectivity index (χ2n) is 3.05. The van der Waals surface area contributed by atoms with E-state index in [0.717, 1.165) is 6.08 Å². The first-order valence-corrected chi connectivity index (χ1v) is 4.68. The third-order valence-corrected chi connectivity index (χ3v) is 1.88. The number of carboxylic acid groups (broad SMARTS) is 1. The molecule has 0 saturated carbocycles. The summed E-state index contributed by atoms with van der Waals surface area (Å²) < 4.78 is 9.76. The zero-order chi connectivity index (χ0) is 12.0. The van der Waals surface area contributed by atoms with Crippen molar-refractivity contribution in [3.05, 3.63) is 29.7 Å². The van der Waals surface area contributed by atoms with Gasteiger partial charge in [0.05, 0.1) is 13.5 Å². The lowest BCUT2D eigenvalue weighted by atomic mass is 10.2. The van der Waals surface area contributed by atoms with Gasteiger partial charge in [-0.3, -0.25) is 4.79 Å². The molecule has 1 aromatic rings. The van der Waals surface area contributed by atoms with Crippen LogP contribution in [0.2, 0.25) is 0 Å². The highest BCUT2D eigenvalue weighted by Crippen LogP contribution is 2.11. The summed E-state index contributed by atoms with van der Waals surface area (Å²) in [5, 5.41) is 8.40. The second-order valence-corrected chi connectivity index (χ2v) is 3.05. The highest BCUT2D eigenvalue weighted by Gasteiger charge is 2.04. The Morgan fingerprint density at radius 2 is 2.25 bits per heavy atom. The number of carboxylic acids is 1. The minimum absolute atomic E-state index is 0.242. The summed E-state index contributed by atoms with van der Waals surface area (Å²) in [6.45, 7) is 0. The van der Waals surface area contributed by atoms with Crippen LogP contribution in [0.15, 0.2) is 22.6 Å². The number of hydrogen-bond acceptors (Lipinski definition) is 4. The lowest BCUT2D eigenvalue weighted by molar-refractivity contribution is -0.140. The normalized spacial score (nSPS) is 10.6. The number of esters is 1. The molecule has 0 radical (unpaired) electrons. The number of aryl methyl sites for hydroxylation is 1. The van der Waals surface area contributed by atoms with E-state index in [1.165, 1.54) is 13.2 Å². The molecule has 0 aromatic carbocycles. The first kappa shape index (κ1) is 12.0. The standard InChI is InChI=1S/C11H12O5/c1-15-11(14)7-5-9-3-2-8(16-9)4-6-10(12)13/h2-4,6H,5,7H2,1H3,(H,12,13). The Hall–Kier alpha value is -2.04. The predicted molar refractivity (Wildman–Crippen MR) is 55.7 cm³/mol. The zero-order valence-corrected chi connectivity index (χ0v) is 8.80. The number of carbonyl (C=O) groups excluding carboxylic acids is 1. The predicted octanol–water partition coefficient (Wildman–Crippen LogP) is 1.48. The van der Waals surface area contributed by atoms with Crippen molar-refractivity contribution in [1.82, 2.24) is 0 Å². The molecule has 86 valence electrons. The van der Waals surface area contributed by atoms with Gasteiger partial charge in [0.2, 0.25) is 0 Å². The molecular weight excluding hydrogens is 212 g/mol. The van der Waals surface area contributed by atoms with E-state index >= 15 is 0 Å². The van der Waals surface area contributed by atoms with Gasteiger partial charge in [-0.25, -0.2) is 4.79 Å². The average Bonchev–Trinajstić information content (AvgIpc) is 2.71. The Morgan fingerprint density at radius 3 is 2.88 bits per heavy atom. The largest absolute Gasteiger partial charge is 0.478 e. The van der Waals surface area contributed by atoms with Crippen LogP contribution in [0, 0.1) is 0 Å². The van der Waals surface area contributed by atoms with Crippen molar-refractivity contribution >= 4 is 18.0 Å². The third kappa shape index (κ3) is 4.00. The van der Waals surface area contributed by atoms with Gasteiger partial charge >= 0.3 is 11.9 Å². The van der Waals surface area contributed by atoms with Crippen molar-refractivity contribution in [1.29, 1.82) is 0 Å². The van der Waals surface area contributed by atoms with E-state index in [-0.39, 0.29) is 12.4 Å². The first-order valence-electron chi connectivity index (χ1n) is 4.68. The van der Waals surface area contributed by atoms with Crippen LogP contribution in [0.25, 0.3) is 6.08 Å². The third-order valence-electron chi connectivity index (χ3n) is 1.88. The summed E-state index contributed by atoms with van der Waals surface area (Å²) in [7, 11) is 1.32. The van der Waals surface area contributed by atoms with E-state index in [4.69, 9.17) is 9.52 Å². The van der Waals surface area contributed by atoms with Crippen LogP contribution in [-0.2, 0) is 20.7 Å². The average molecular weight is 224 g/mol. The van der Waals surface area contributed by atoms with Gasteiger partial charge in [-0.2, -0.15) is 0 Å². The molecule has 0 bridgehead atoms. The van der Waals surface area contributed by atoms with Crippen molar-refractivity contribution in [2.24, 2.45) is 0 Å². The fraction of sp³-hybridized carbons (Fsp3) is 0.273. The van der Waals surface area contributed by atoms with Crippen LogP contribution >= 0.6 is 0 Å². The van der Waals surface area contributed by atoms with Crippen LogP contribution in [0.4, 0.5) is 0 Å². The number of furan rings is 1. The molecule has 0 aliphatic carbocycles. The van der Waals surface area contributed by atoms with E-state index in [9.17, 15) is 9.59 Å². The lowest BCUT2D eigenvalue weighted by Gasteiger charge is -1.95. The summed E-state index contributed by atoms with van der Waals surface area (Å²) in [5.41, 5.74) is 0. The molecule has 1 N–H and O–H groups in total. The molecule has 0 atom stereocenters. The molecule has 0 saturated heterocycles. The highest BCUT2D eigenvalue weighted by atomic mass is 16.5. The van der Waals surface area contributed by atoms with Gasteiger partial charge in [0, 0.05) is 12.5 Å². The molecule has 1 heterocycles. The summed E-state index contributed by atoms with van der Waals surface area (Å²) >= 11 is 0. The molecule has 0 amide bonds. The molecule has 5 heteroatoms. The first-order chi connectivity index (χ1) is 7.61. The maximum Gasteiger partial charge on any atom is 0.328 e. The van der Waals surface area contributed by atoms with Crippen LogP contribution in [-0.4, -0.2) is 24.2 Å². The van der Waals surface area contributed by atoms with E-state index in [2.05, 4.69) is 4.74 Å². The van der Waals surface area contributed by atoms with Crippen LogP contribution in [0.3, 0.4) is 0 Å². The van der Waals surface area contributed by atoms with E-state index < -0.39 is 5.97 Å². The van der Waals surface area contributed by atoms with Gasteiger partial charge in [0.25, 0.3) is 0 Å². The van der Waals surface area contributed by atoms with Gasteiger partial charge in [-0.1, -0.05) is 0 Å². The SMILES string of the molecule is COC(=O)CCc1ccc(C=CC(=O)O)o1. The van der Waals surface area contributed by atoms with E-state index in [1.54, 1.807) is 12.1 Å². The molecular formula is C11H12O5. The van der Waals surface area contributed by atoms with Gasteiger partial charge in [-0.15, -0.1) is 0 Å². The van der Waals surface area contributed by atoms with Crippen molar-refractivity contribution in [2.75, 3.05) is 7.11 Å². The van der Waals surface area contributed by atoms with E-state index in [0.29, 0.717) is 17.9 Å². The number of carbonyl (C=O) groups is 2.